The van der Waals surface area contributed by atoms with E-state index in [2.05, 4.69) is 50.0 Å². The molecule has 0 unspecified atom stereocenters. The van der Waals surface area contributed by atoms with Crippen molar-refractivity contribution in [2.45, 2.75) is 20.8 Å². The van der Waals surface area contributed by atoms with Gasteiger partial charge in [0.05, 0.1) is 10.2 Å². The molecule has 2 heterocycles. The first-order valence-corrected chi connectivity index (χ1v) is 10.3. The molecule has 1 amide bonds. The quantitative estimate of drug-likeness (QED) is 0.420. The number of aryl methyl sites for hydroxylation is 3. The van der Waals surface area contributed by atoms with E-state index in [0.717, 1.165) is 27.0 Å². The molecule has 4 rings (SSSR count). The highest BCUT2D eigenvalue weighted by Crippen LogP contribution is 2.29. The van der Waals surface area contributed by atoms with Gasteiger partial charge in [0.25, 0.3) is 5.91 Å². The first-order valence-electron chi connectivity index (χ1n) is 9.49. The van der Waals surface area contributed by atoms with Crippen molar-refractivity contribution in [3.05, 3.63) is 65.0 Å². The molecule has 152 valence electrons. The van der Waals surface area contributed by atoms with E-state index in [1.165, 1.54) is 23.2 Å². The van der Waals surface area contributed by atoms with E-state index < -0.39 is 0 Å². The third-order valence-corrected chi connectivity index (χ3v) is 5.66. The number of hydrogen-bond acceptors (Lipinski definition) is 7. The summed E-state index contributed by atoms with van der Waals surface area (Å²) in [5.41, 5.74) is 5.57. The molecule has 7 nitrogen and oxygen atoms in total. The largest absolute Gasteiger partial charge is 0.373 e. The fraction of sp³-hybridized carbons (Fsp3) is 0.182. The molecule has 0 aliphatic rings. The summed E-state index contributed by atoms with van der Waals surface area (Å²) in [7, 11) is 1.80. The lowest BCUT2D eigenvalue weighted by atomic mass is 10.0. The minimum Gasteiger partial charge on any atom is -0.373 e. The van der Waals surface area contributed by atoms with Crippen molar-refractivity contribution in [2.75, 3.05) is 23.0 Å². The van der Waals surface area contributed by atoms with Crippen LogP contribution in [0.5, 0.6) is 0 Å². The summed E-state index contributed by atoms with van der Waals surface area (Å²) in [6.45, 7) is 6.06. The fourth-order valence-corrected chi connectivity index (χ4v) is 4.27. The molecular weight excluding hydrogens is 396 g/mol. The molecule has 30 heavy (non-hydrogen) atoms. The lowest BCUT2D eigenvalue weighted by Gasteiger charge is -2.12. The molecule has 8 heteroatoms. The van der Waals surface area contributed by atoms with Gasteiger partial charge in [0.2, 0.25) is 0 Å². The highest BCUT2D eigenvalue weighted by Gasteiger charge is 2.13. The number of amides is 1. The number of fused-ring (bicyclic) bond motifs is 1. The van der Waals surface area contributed by atoms with Crippen molar-refractivity contribution in [2.24, 2.45) is 0 Å². The third kappa shape index (κ3) is 4.08. The summed E-state index contributed by atoms with van der Waals surface area (Å²) in [4.78, 5) is 25.7. The summed E-state index contributed by atoms with van der Waals surface area (Å²) < 4.78 is 0.922. The summed E-state index contributed by atoms with van der Waals surface area (Å²) in [5, 5.41) is 9.92. The Balaban J connectivity index is 1.57. The zero-order valence-electron chi connectivity index (χ0n) is 17.2. The standard InChI is InChI=1S/C22H22N6OS/c1-12-7-13(2)20(14(3)8-12)28-21(29)15-5-6-16-17(9-15)30-22(26-16)27-19-10-18(23-4)24-11-25-19/h5-11H,1-4H3,(H,28,29)(H2,23,24,25,26,27). The van der Waals surface area contributed by atoms with Gasteiger partial charge in [-0.25, -0.2) is 15.0 Å². The van der Waals surface area contributed by atoms with E-state index in [1.54, 1.807) is 19.2 Å². The third-order valence-electron chi connectivity index (χ3n) is 4.72. The molecule has 4 aromatic rings. The number of aromatic nitrogens is 3. The number of anilines is 4. The average molecular weight is 419 g/mol. The van der Waals surface area contributed by atoms with E-state index in [1.807, 2.05) is 26.0 Å². The molecule has 2 aromatic carbocycles. The van der Waals surface area contributed by atoms with Crippen molar-refractivity contribution in [1.82, 2.24) is 15.0 Å². The SMILES string of the molecule is CNc1cc(Nc2nc3ccc(C(=O)Nc4c(C)cc(C)cc4C)cc3s2)ncn1. The molecule has 0 radical (unpaired) electrons. The van der Waals surface area contributed by atoms with Crippen molar-refractivity contribution in [1.29, 1.82) is 0 Å². The second kappa shape index (κ2) is 8.08. The van der Waals surface area contributed by atoms with Gasteiger partial charge < -0.3 is 16.0 Å². The fourth-order valence-electron chi connectivity index (χ4n) is 3.35. The number of nitrogens with zero attached hydrogens (tertiary/aromatic N) is 3. The monoisotopic (exact) mass is 418 g/mol. The number of rotatable bonds is 5. The van der Waals surface area contributed by atoms with Gasteiger partial charge in [0.1, 0.15) is 18.0 Å². The number of carbonyl (C=O) groups excluding carboxylic acids is 1. The summed E-state index contributed by atoms with van der Waals surface area (Å²) >= 11 is 1.47. The normalized spacial score (nSPS) is 10.8. The van der Waals surface area contributed by atoms with Crippen LogP contribution in [0.4, 0.5) is 22.5 Å². The van der Waals surface area contributed by atoms with Crippen LogP contribution in [0.15, 0.2) is 42.7 Å². The predicted octanol–water partition coefficient (Wildman–Crippen LogP) is 5.05. The van der Waals surface area contributed by atoms with Crippen LogP contribution >= 0.6 is 11.3 Å². The molecule has 0 bridgehead atoms. The Morgan fingerprint density at radius 1 is 0.967 bits per heavy atom. The van der Waals surface area contributed by atoms with Crippen molar-refractivity contribution < 1.29 is 4.79 Å². The number of benzene rings is 2. The van der Waals surface area contributed by atoms with Crippen LogP contribution in [0.25, 0.3) is 10.2 Å². The maximum absolute atomic E-state index is 12.8. The van der Waals surface area contributed by atoms with E-state index in [9.17, 15) is 4.79 Å². The first kappa shape index (κ1) is 19.8. The smallest absolute Gasteiger partial charge is 0.255 e. The summed E-state index contributed by atoms with van der Waals surface area (Å²) in [6.07, 6.45) is 1.49. The minimum absolute atomic E-state index is 0.135. The second-order valence-electron chi connectivity index (χ2n) is 7.09. The Bertz CT molecular complexity index is 1230. The molecule has 0 fully saturated rings. The number of thiazole rings is 1. The van der Waals surface area contributed by atoms with Crippen LogP contribution in [-0.2, 0) is 0 Å². The number of carbonyl (C=O) groups is 1. The van der Waals surface area contributed by atoms with E-state index >= 15 is 0 Å². The maximum atomic E-state index is 12.8. The second-order valence-corrected chi connectivity index (χ2v) is 8.12. The van der Waals surface area contributed by atoms with Crippen molar-refractivity contribution in [3.8, 4) is 0 Å². The number of hydrogen-bond donors (Lipinski definition) is 3. The summed E-state index contributed by atoms with van der Waals surface area (Å²) in [6, 6.07) is 11.5. The van der Waals surface area contributed by atoms with Gasteiger partial charge >= 0.3 is 0 Å². The molecule has 0 aliphatic heterocycles. The molecule has 0 spiro atoms. The van der Waals surface area contributed by atoms with Gasteiger partial charge in [-0.1, -0.05) is 29.0 Å². The molecule has 0 aliphatic carbocycles. The molecule has 3 N–H and O–H groups in total. The lowest BCUT2D eigenvalue weighted by molar-refractivity contribution is 0.102. The maximum Gasteiger partial charge on any atom is 0.255 e. The van der Waals surface area contributed by atoms with Crippen LogP contribution in [-0.4, -0.2) is 27.9 Å². The Kier molecular flexibility index (Phi) is 5.33. The molecular formula is C22H22N6OS. The van der Waals surface area contributed by atoms with Gasteiger partial charge in [0, 0.05) is 24.4 Å². The Morgan fingerprint density at radius 2 is 1.70 bits per heavy atom. The van der Waals surface area contributed by atoms with E-state index in [-0.39, 0.29) is 5.91 Å². The zero-order chi connectivity index (χ0) is 21.3. The van der Waals surface area contributed by atoms with Crippen LogP contribution in [0.3, 0.4) is 0 Å². The molecule has 0 saturated heterocycles. The topological polar surface area (TPSA) is 91.8 Å². The van der Waals surface area contributed by atoms with Crippen molar-refractivity contribution >= 4 is 49.9 Å². The van der Waals surface area contributed by atoms with Gasteiger partial charge in [-0.2, -0.15) is 0 Å². The number of nitrogens with one attached hydrogen (secondary N) is 3. The highest BCUT2D eigenvalue weighted by atomic mass is 32.1. The zero-order valence-corrected chi connectivity index (χ0v) is 18.0. The highest BCUT2D eigenvalue weighted by molar-refractivity contribution is 7.22. The minimum atomic E-state index is -0.135. The van der Waals surface area contributed by atoms with E-state index in [4.69, 9.17) is 0 Å². The first-order chi connectivity index (χ1) is 14.4. The average Bonchev–Trinajstić information content (AvgIpc) is 3.12. The Labute approximate surface area is 178 Å². The predicted molar refractivity (Wildman–Crippen MR) is 123 cm³/mol. The molecule has 2 aromatic heterocycles. The lowest BCUT2D eigenvalue weighted by Crippen LogP contribution is -2.13. The van der Waals surface area contributed by atoms with Crippen molar-refractivity contribution in [3.63, 3.8) is 0 Å². The van der Waals surface area contributed by atoms with Crippen LogP contribution in [0, 0.1) is 20.8 Å². The summed E-state index contributed by atoms with van der Waals surface area (Å²) in [5.74, 6) is 1.23. The van der Waals surface area contributed by atoms with Crippen LogP contribution in [0.1, 0.15) is 27.0 Å². The molecule has 0 saturated carbocycles. The van der Waals surface area contributed by atoms with Crippen LogP contribution < -0.4 is 16.0 Å². The Hall–Kier alpha value is -3.52. The van der Waals surface area contributed by atoms with Gasteiger partial charge in [0.15, 0.2) is 5.13 Å². The van der Waals surface area contributed by atoms with Gasteiger partial charge in [-0.05, 0) is 50.1 Å². The Morgan fingerprint density at radius 3 is 2.43 bits per heavy atom. The van der Waals surface area contributed by atoms with Gasteiger partial charge in [-0.3, -0.25) is 4.79 Å². The van der Waals surface area contributed by atoms with Gasteiger partial charge in [-0.15, -0.1) is 0 Å². The molecule has 0 atom stereocenters. The van der Waals surface area contributed by atoms with E-state index in [0.29, 0.717) is 22.3 Å². The van der Waals surface area contributed by atoms with Crippen LogP contribution in [0.2, 0.25) is 0 Å².